The third kappa shape index (κ3) is 4.86. The van der Waals surface area contributed by atoms with Crippen LogP contribution in [0, 0.1) is 6.92 Å². The fourth-order valence-electron chi connectivity index (χ4n) is 3.15. The molecule has 9 heteroatoms. The molecule has 1 unspecified atom stereocenters. The summed E-state index contributed by atoms with van der Waals surface area (Å²) < 4.78 is 22.4. The summed E-state index contributed by atoms with van der Waals surface area (Å²) in [5, 5.41) is 2.81. The molecule has 29 heavy (non-hydrogen) atoms. The third-order valence-corrected chi connectivity index (χ3v) is 4.59. The Kier molecular flexibility index (Phi) is 5.95. The minimum Gasteiger partial charge on any atom is -0.485 e. The van der Waals surface area contributed by atoms with E-state index in [2.05, 4.69) is 20.2 Å². The Balaban J connectivity index is 1.25. The Morgan fingerprint density at radius 1 is 1.24 bits per heavy atom. The fraction of sp³-hybridized carbons (Fsp3) is 0.450. The summed E-state index contributed by atoms with van der Waals surface area (Å²) in [4.78, 5) is 23.2. The van der Waals surface area contributed by atoms with E-state index in [4.69, 9.17) is 18.9 Å². The second-order valence-corrected chi connectivity index (χ2v) is 6.71. The molecule has 2 aromatic rings. The van der Waals surface area contributed by atoms with Crippen LogP contribution in [0.15, 0.2) is 30.3 Å². The van der Waals surface area contributed by atoms with Crippen LogP contribution < -0.4 is 24.4 Å². The van der Waals surface area contributed by atoms with Gasteiger partial charge in [-0.2, -0.15) is 4.98 Å². The van der Waals surface area contributed by atoms with Gasteiger partial charge in [0.15, 0.2) is 11.5 Å². The number of aromatic nitrogens is 2. The molecular formula is C20H24N4O5. The van der Waals surface area contributed by atoms with Gasteiger partial charge in [-0.25, -0.2) is 4.98 Å². The first-order chi connectivity index (χ1) is 14.2. The molecular weight excluding hydrogens is 376 g/mol. The lowest BCUT2D eigenvalue weighted by atomic mass is 10.2. The van der Waals surface area contributed by atoms with E-state index in [1.165, 1.54) is 0 Å². The van der Waals surface area contributed by atoms with Gasteiger partial charge in [-0.3, -0.25) is 4.79 Å². The van der Waals surface area contributed by atoms with Crippen LogP contribution in [0.3, 0.4) is 0 Å². The average Bonchev–Trinajstić information content (AvgIpc) is 2.76. The molecule has 2 aliphatic rings. The molecule has 1 atom stereocenters. The molecule has 0 radical (unpaired) electrons. The maximum Gasteiger partial charge on any atom is 0.264 e. The van der Waals surface area contributed by atoms with Crippen molar-refractivity contribution >= 4 is 11.7 Å². The number of ether oxygens (including phenoxy) is 4. The Morgan fingerprint density at radius 2 is 2.03 bits per heavy atom. The highest BCUT2D eigenvalue weighted by Gasteiger charge is 2.26. The standard InChI is InChI=1S/C20H24N4O5/c1-14-22-18(24-7-10-26-11-8-24)12-19(23-14)27-9-6-21-20(25)17-13-28-15-4-2-3-5-16(15)29-17/h2-5,12,17H,6-11,13H2,1H3,(H,21,25). The van der Waals surface area contributed by atoms with E-state index in [1.807, 2.05) is 31.2 Å². The first-order valence-electron chi connectivity index (χ1n) is 9.66. The third-order valence-electron chi connectivity index (χ3n) is 4.59. The monoisotopic (exact) mass is 400 g/mol. The number of aryl methyl sites for hydroxylation is 1. The molecule has 1 saturated heterocycles. The van der Waals surface area contributed by atoms with Gasteiger partial charge in [0.25, 0.3) is 5.91 Å². The van der Waals surface area contributed by atoms with Crippen molar-refractivity contribution in [3.63, 3.8) is 0 Å². The van der Waals surface area contributed by atoms with Crippen molar-refractivity contribution < 1.29 is 23.7 Å². The van der Waals surface area contributed by atoms with Crippen molar-refractivity contribution in [2.45, 2.75) is 13.0 Å². The summed E-state index contributed by atoms with van der Waals surface area (Å²) in [6.45, 7) is 5.57. The summed E-state index contributed by atoms with van der Waals surface area (Å²) in [6.07, 6.45) is -0.681. The van der Waals surface area contributed by atoms with Crippen molar-refractivity contribution in [2.24, 2.45) is 0 Å². The molecule has 4 rings (SSSR count). The maximum absolute atomic E-state index is 12.3. The van der Waals surface area contributed by atoms with Crippen LogP contribution in [0.4, 0.5) is 5.82 Å². The summed E-state index contributed by atoms with van der Waals surface area (Å²) in [7, 11) is 0. The number of anilines is 1. The minimum atomic E-state index is -0.681. The number of amides is 1. The Hall–Kier alpha value is -3.07. The van der Waals surface area contributed by atoms with E-state index in [0.717, 1.165) is 18.9 Å². The van der Waals surface area contributed by atoms with Gasteiger partial charge >= 0.3 is 0 Å². The molecule has 0 bridgehead atoms. The van der Waals surface area contributed by atoms with E-state index < -0.39 is 6.10 Å². The quantitative estimate of drug-likeness (QED) is 0.717. The summed E-state index contributed by atoms with van der Waals surface area (Å²) in [5.41, 5.74) is 0. The van der Waals surface area contributed by atoms with Crippen LogP contribution in [-0.2, 0) is 9.53 Å². The zero-order chi connectivity index (χ0) is 20.1. The number of rotatable bonds is 6. The van der Waals surface area contributed by atoms with Crippen LogP contribution in [0.1, 0.15) is 5.82 Å². The van der Waals surface area contributed by atoms with E-state index in [1.54, 1.807) is 6.07 Å². The predicted molar refractivity (Wildman–Crippen MR) is 105 cm³/mol. The number of hydrogen-bond donors (Lipinski definition) is 1. The number of nitrogens with one attached hydrogen (secondary N) is 1. The number of carbonyl (C=O) groups is 1. The molecule has 1 aromatic carbocycles. The average molecular weight is 400 g/mol. The van der Waals surface area contributed by atoms with Crippen molar-refractivity contribution in [2.75, 3.05) is 51.0 Å². The van der Waals surface area contributed by atoms with Gasteiger partial charge in [0.1, 0.15) is 24.9 Å². The lowest BCUT2D eigenvalue weighted by Gasteiger charge is -2.28. The van der Waals surface area contributed by atoms with Gasteiger partial charge in [-0.1, -0.05) is 12.1 Å². The van der Waals surface area contributed by atoms with Crippen LogP contribution in [0.25, 0.3) is 0 Å². The highest BCUT2D eigenvalue weighted by Crippen LogP contribution is 2.30. The topological polar surface area (TPSA) is 95.0 Å². The van der Waals surface area contributed by atoms with Gasteiger partial charge in [-0.05, 0) is 19.1 Å². The lowest BCUT2D eigenvalue weighted by Crippen LogP contribution is -2.45. The molecule has 0 spiro atoms. The number of benzene rings is 1. The molecule has 1 aromatic heterocycles. The SMILES string of the molecule is Cc1nc(OCCNC(=O)C2COc3ccccc3O2)cc(N2CCOCC2)n1. The Bertz CT molecular complexity index is 857. The zero-order valence-electron chi connectivity index (χ0n) is 16.3. The first-order valence-corrected chi connectivity index (χ1v) is 9.66. The molecule has 154 valence electrons. The Labute approximate surface area is 168 Å². The number of nitrogens with zero attached hydrogens (tertiary/aromatic N) is 3. The van der Waals surface area contributed by atoms with Gasteiger partial charge in [0, 0.05) is 19.2 Å². The Morgan fingerprint density at radius 3 is 2.86 bits per heavy atom. The number of carbonyl (C=O) groups excluding carboxylic acids is 1. The van der Waals surface area contributed by atoms with Crippen molar-refractivity contribution in [3.8, 4) is 17.4 Å². The second-order valence-electron chi connectivity index (χ2n) is 6.71. The molecule has 0 aliphatic carbocycles. The number of hydrogen-bond acceptors (Lipinski definition) is 8. The zero-order valence-corrected chi connectivity index (χ0v) is 16.3. The van der Waals surface area contributed by atoms with Crippen LogP contribution in [-0.4, -0.2) is 68.0 Å². The van der Waals surface area contributed by atoms with Gasteiger partial charge < -0.3 is 29.2 Å². The van der Waals surface area contributed by atoms with Gasteiger partial charge in [0.05, 0.1) is 19.8 Å². The van der Waals surface area contributed by atoms with E-state index in [0.29, 0.717) is 43.0 Å². The van der Waals surface area contributed by atoms with E-state index in [-0.39, 0.29) is 19.1 Å². The molecule has 2 aliphatic heterocycles. The van der Waals surface area contributed by atoms with Gasteiger partial charge in [-0.15, -0.1) is 0 Å². The lowest BCUT2D eigenvalue weighted by molar-refractivity contribution is -0.130. The van der Waals surface area contributed by atoms with Crippen LogP contribution in [0.2, 0.25) is 0 Å². The van der Waals surface area contributed by atoms with Crippen LogP contribution in [0.5, 0.6) is 17.4 Å². The van der Waals surface area contributed by atoms with E-state index >= 15 is 0 Å². The summed E-state index contributed by atoms with van der Waals surface area (Å²) >= 11 is 0. The normalized spacial score (nSPS) is 18.2. The molecule has 3 heterocycles. The van der Waals surface area contributed by atoms with Crippen molar-refractivity contribution in [3.05, 3.63) is 36.2 Å². The molecule has 9 nitrogen and oxygen atoms in total. The molecule has 1 N–H and O–H groups in total. The summed E-state index contributed by atoms with van der Waals surface area (Å²) in [6, 6.07) is 9.10. The van der Waals surface area contributed by atoms with E-state index in [9.17, 15) is 4.79 Å². The molecule has 1 amide bonds. The predicted octanol–water partition coefficient (Wildman–Crippen LogP) is 0.957. The maximum atomic E-state index is 12.3. The molecule has 0 saturated carbocycles. The summed E-state index contributed by atoms with van der Waals surface area (Å²) in [5.74, 6) is 2.93. The molecule has 1 fully saturated rings. The number of fused-ring (bicyclic) bond motifs is 1. The van der Waals surface area contributed by atoms with Gasteiger partial charge in [0.2, 0.25) is 12.0 Å². The highest BCUT2D eigenvalue weighted by molar-refractivity contribution is 5.81. The van der Waals surface area contributed by atoms with Crippen molar-refractivity contribution in [1.82, 2.24) is 15.3 Å². The number of para-hydroxylation sites is 2. The number of morpholine rings is 1. The van der Waals surface area contributed by atoms with Crippen LogP contribution >= 0.6 is 0 Å². The largest absolute Gasteiger partial charge is 0.485 e. The smallest absolute Gasteiger partial charge is 0.264 e. The minimum absolute atomic E-state index is 0.178. The first kappa shape index (κ1) is 19.3. The highest BCUT2D eigenvalue weighted by atomic mass is 16.6. The fourth-order valence-corrected chi connectivity index (χ4v) is 3.15. The van der Waals surface area contributed by atoms with Crippen molar-refractivity contribution in [1.29, 1.82) is 0 Å². The second kappa shape index (κ2) is 8.95.